The van der Waals surface area contributed by atoms with Crippen molar-refractivity contribution in [1.82, 2.24) is 10.2 Å². The number of carboxylic acid groups (broad SMARTS) is 1. The summed E-state index contributed by atoms with van der Waals surface area (Å²) in [5, 5.41) is 12.6. The molecule has 2 N–H and O–H groups in total. The third-order valence-electron chi connectivity index (χ3n) is 5.81. The van der Waals surface area contributed by atoms with Crippen molar-refractivity contribution in [3.63, 3.8) is 0 Å². The van der Waals surface area contributed by atoms with Crippen molar-refractivity contribution in [3.05, 3.63) is 0 Å². The highest BCUT2D eigenvalue weighted by Crippen LogP contribution is 2.42. The van der Waals surface area contributed by atoms with Crippen molar-refractivity contribution in [3.8, 4) is 0 Å². The third kappa shape index (κ3) is 2.87. The van der Waals surface area contributed by atoms with Gasteiger partial charge >= 0.3 is 12.0 Å². The van der Waals surface area contributed by atoms with Crippen molar-refractivity contribution in [2.24, 2.45) is 11.8 Å². The van der Waals surface area contributed by atoms with Crippen LogP contribution in [-0.2, 0) is 4.79 Å². The molecule has 5 heteroatoms. The fourth-order valence-corrected chi connectivity index (χ4v) is 4.14. The molecule has 1 heterocycles. The molecule has 5 nitrogen and oxygen atoms in total. The van der Waals surface area contributed by atoms with E-state index in [9.17, 15) is 14.7 Å². The molecule has 1 saturated carbocycles. The van der Waals surface area contributed by atoms with Crippen LogP contribution in [0.2, 0.25) is 0 Å². The van der Waals surface area contributed by atoms with E-state index in [0.29, 0.717) is 12.5 Å². The van der Waals surface area contributed by atoms with Crippen molar-refractivity contribution in [2.45, 2.75) is 70.9 Å². The Kier molecular flexibility index (Phi) is 4.79. The number of carbonyl (C=O) groups excluding carboxylic acids is 1. The first-order valence-electron chi connectivity index (χ1n) is 8.29. The lowest BCUT2D eigenvalue weighted by Gasteiger charge is -2.35. The molecule has 1 aliphatic heterocycles. The number of nitrogens with one attached hydrogen (secondary N) is 1. The molecule has 1 aliphatic carbocycles. The monoisotopic (exact) mass is 296 g/mol. The van der Waals surface area contributed by atoms with Crippen molar-refractivity contribution in [1.29, 1.82) is 0 Å². The van der Waals surface area contributed by atoms with Crippen molar-refractivity contribution in [2.75, 3.05) is 6.54 Å². The largest absolute Gasteiger partial charge is 0.480 e. The van der Waals surface area contributed by atoms with Crippen LogP contribution in [0.4, 0.5) is 4.79 Å². The van der Waals surface area contributed by atoms with E-state index in [1.165, 1.54) is 0 Å². The predicted molar refractivity (Wildman–Crippen MR) is 81.1 cm³/mol. The fraction of sp³-hybridized carbons (Fsp3) is 0.875. The molecule has 120 valence electrons. The minimum atomic E-state index is -0.852. The maximum absolute atomic E-state index is 12.6. The van der Waals surface area contributed by atoms with Crippen LogP contribution in [0.1, 0.15) is 59.3 Å². The number of likely N-dealkylation sites (tertiary alicyclic amines) is 1. The number of rotatable bonds is 5. The van der Waals surface area contributed by atoms with Gasteiger partial charge in [0.25, 0.3) is 0 Å². The molecule has 0 aromatic carbocycles. The molecule has 0 aromatic heterocycles. The number of hydrogen-bond acceptors (Lipinski definition) is 2. The Bertz CT molecular complexity index is 398. The van der Waals surface area contributed by atoms with E-state index < -0.39 is 12.0 Å². The summed E-state index contributed by atoms with van der Waals surface area (Å²) in [6.07, 6.45) is 5.68. The van der Waals surface area contributed by atoms with E-state index in [1.807, 2.05) is 0 Å². The van der Waals surface area contributed by atoms with Gasteiger partial charge in [-0.15, -0.1) is 0 Å². The first-order valence-corrected chi connectivity index (χ1v) is 8.29. The molecule has 0 spiro atoms. The molecule has 2 amide bonds. The second-order valence-corrected chi connectivity index (χ2v) is 6.56. The Morgan fingerprint density at radius 1 is 1.19 bits per heavy atom. The standard InChI is InChI=1S/C16H28N2O3/c1-4-16(5-2,6-3)17-15(21)18-10-11-8-7-9-12(11)13(18)14(19)20/h11-13H,4-10H2,1-3H3,(H,17,21)(H,19,20). The zero-order chi connectivity index (χ0) is 15.6. The summed E-state index contributed by atoms with van der Waals surface area (Å²) in [6.45, 7) is 6.81. The molecule has 0 radical (unpaired) electrons. The molecular formula is C16H28N2O3. The molecule has 3 unspecified atom stereocenters. The molecule has 21 heavy (non-hydrogen) atoms. The first-order chi connectivity index (χ1) is 9.98. The van der Waals surface area contributed by atoms with Crippen molar-refractivity contribution >= 4 is 12.0 Å². The number of hydrogen-bond donors (Lipinski definition) is 2. The van der Waals surface area contributed by atoms with Crippen LogP contribution in [0, 0.1) is 11.8 Å². The van der Waals surface area contributed by atoms with Crippen molar-refractivity contribution < 1.29 is 14.7 Å². The number of nitrogens with zero attached hydrogens (tertiary/aromatic N) is 1. The van der Waals surface area contributed by atoms with Gasteiger partial charge in [-0.1, -0.05) is 27.2 Å². The number of fused-ring (bicyclic) bond motifs is 1. The highest BCUT2D eigenvalue weighted by Gasteiger charge is 2.50. The highest BCUT2D eigenvalue weighted by molar-refractivity contribution is 5.84. The molecule has 0 aromatic rings. The molecule has 2 fully saturated rings. The van der Waals surface area contributed by atoms with Gasteiger partial charge in [-0.3, -0.25) is 0 Å². The topological polar surface area (TPSA) is 69.6 Å². The van der Waals surface area contributed by atoms with E-state index in [2.05, 4.69) is 26.1 Å². The van der Waals surface area contributed by atoms with E-state index in [0.717, 1.165) is 38.5 Å². The highest BCUT2D eigenvalue weighted by atomic mass is 16.4. The second-order valence-electron chi connectivity index (χ2n) is 6.56. The van der Waals surface area contributed by atoms with Gasteiger partial charge in [0, 0.05) is 12.1 Å². The Hall–Kier alpha value is -1.26. The molecular weight excluding hydrogens is 268 g/mol. The summed E-state index contributed by atoms with van der Waals surface area (Å²) < 4.78 is 0. The summed E-state index contributed by atoms with van der Waals surface area (Å²) >= 11 is 0. The van der Waals surface area contributed by atoms with Gasteiger partial charge in [0.15, 0.2) is 0 Å². The van der Waals surface area contributed by atoms with E-state index >= 15 is 0 Å². The van der Waals surface area contributed by atoms with Crippen LogP contribution in [0.25, 0.3) is 0 Å². The van der Waals surface area contributed by atoms with Gasteiger partial charge in [-0.05, 0) is 43.9 Å². The average Bonchev–Trinajstić information content (AvgIpc) is 3.04. The Morgan fingerprint density at radius 2 is 1.81 bits per heavy atom. The SMILES string of the molecule is CCC(CC)(CC)NC(=O)N1CC2CCCC2C1C(=O)O. The van der Waals surface area contributed by atoms with Gasteiger partial charge < -0.3 is 15.3 Å². The van der Waals surface area contributed by atoms with Crippen LogP contribution >= 0.6 is 0 Å². The average molecular weight is 296 g/mol. The Balaban J connectivity index is 2.13. The normalized spacial score (nSPS) is 28.5. The van der Waals surface area contributed by atoms with Gasteiger partial charge in [0.1, 0.15) is 6.04 Å². The van der Waals surface area contributed by atoms with Crippen LogP contribution in [0.15, 0.2) is 0 Å². The summed E-state index contributed by atoms with van der Waals surface area (Å²) in [4.78, 5) is 25.8. The van der Waals surface area contributed by atoms with E-state index in [-0.39, 0.29) is 17.5 Å². The molecule has 2 aliphatic rings. The predicted octanol–water partition coefficient (Wildman–Crippen LogP) is 2.85. The van der Waals surface area contributed by atoms with E-state index in [4.69, 9.17) is 0 Å². The minimum absolute atomic E-state index is 0.146. The number of carbonyl (C=O) groups is 2. The Labute approximate surface area is 127 Å². The van der Waals surface area contributed by atoms with Crippen LogP contribution in [0.5, 0.6) is 0 Å². The lowest BCUT2D eigenvalue weighted by molar-refractivity contribution is -0.142. The van der Waals surface area contributed by atoms with Gasteiger partial charge in [-0.2, -0.15) is 0 Å². The van der Waals surface area contributed by atoms with Gasteiger partial charge in [-0.25, -0.2) is 9.59 Å². The number of aliphatic carboxylic acids is 1. The number of urea groups is 1. The van der Waals surface area contributed by atoms with Crippen LogP contribution < -0.4 is 5.32 Å². The number of amides is 2. The maximum Gasteiger partial charge on any atom is 0.326 e. The van der Waals surface area contributed by atoms with E-state index in [1.54, 1.807) is 4.90 Å². The van der Waals surface area contributed by atoms with Crippen LogP contribution in [-0.4, -0.2) is 40.1 Å². The molecule has 3 atom stereocenters. The second kappa shape index (κ2) is 6.24. The lowest BCUT2D eigenvalue weighted by atomic mass is 9.90. The van der Waals surface area contributed by atoms with Gasteiger partial charge in [0.2, 0.25) is 0 Å². The molecule has 2 rings (SSSR count). The maximum atomic E-state index is 12.6. The smallest absolute Gasteiger partial charge is 0.326 e. The third-order valence-corrected chi connectivity index (χ3v) is 5.81. The zero-order valence-corrected chi connectivity index (χ0v) is 13.4. The fourth-order valence-electron chi connectivity index (χ4n) is 4.14. The van der Waals surface area contributed by atoms with Crippen LogP contribution in [0.3, 0.4) is 0 Å². The quantitative estimate of drug-likeness (QED) is 0.819. The Morgan fingerprint density at radius 3 is 2.33 bits per heavy atom. The first kappa shape index (κ1) is 16.1. The minimum Gasteiger partial charge on any atom is -0.480 e. The zero-order valence-electron chi connectivity index (χ0n) is 13.4. The summed E-state index contributed by atoms with van der Waals surface area (Å²) in [5.74, 6) is -0.335. The van der Waals surface area contributed by atoms with Gasteiger partial charge in [0.05, 0.1) is 0 Å². The summed E-state index contributed by atoms with van der Waals surface area (Å²) in [5.41, 5.74) is -0.210. The molecule has 0 bridgehead atoms. The molecule has 1 saturated heterocycles. The lowest BCUT2D eigenvalue weighted by Crippen LogP contribution is -2.55. The number of carboxylic acids is 1. The summed E-state index contributed by atoms with van der Waals surface area (Å²) in [6, 6.07) is -0.830. The summed E-state index contributed by atoms with van der Waals surface area (Å²) in [7, 11) is 0.